The van der Waals surface area contributed by atoms with Crippen LogP contribution in [-0.2, 0) is 14.6 Å². The topological polar surface area (TPSA) is 188 Å². The van der Waals surface area contributed by atoms with Gasteiger partial charge in [-0.1, -0.05) is 0 Å². The van der Waals surface area contributed by atoms with Gasteiger partial charge < -0.3 is 30.6 Å². The summed E-state index contributed by atoms with van der Waals surface area (Å²) in [6.07, 6.45) is -7.32. The normalized spacial score (nSPS) is 31.1. The van der Waals surface area contributed by atoms with E-state index in [1.807, 2.05) is 0 Å². The van der Waals surface area contributed by atoms with Crippen molar-refractivity contribution < 1.29 is 47.8 Å². The van der Waals surface area contributed by atoms with E-state index in [1.54, 1.807) is 0 Å². The molecular weight excluding hydrogens is 326 g/mol. The van der Waals surface area contributed by atoms with Crippen LogP contribution in [0.1, 0.15) is 0 Å². The second-order valence-corrected chi connectivity index (χ2v) is 6.11. The van der Waals surface area contributed by atoms with E-state index < -0.39 is 66.7 Å². The van der Waals surface area contributed by atoms with Gasteiger partial charge in [0.15, 0.2) is 0 Å². The van der Waals surface area contributed by atoms with Crippen LogP contribution in [0.15, 0.2) is 0 Å². The predicted molar refractivity (Wildman–Crippen MR) is 70.0 cm³/mol. The van der Waals surface area contributed by atoms with Crippen LogP contribution in [0.2, 0.25) is 0 Å². The van der Waals surface area contributed by atoms with Gasteiger partial charge in [-0.15, -0.1) is 0 Å². The molecule has 1 saturated heterocycles. The Balaban J connectivity index is 2.77. The first-order valence-electron chi connectivity index (χ1n) is 6.44. The van der Waals surface area contributed by atoms with Crippen LogP contribution >= 0.6 is 0 Å². The summed E-state index contributed by atoms with van der Waals surface area (Å²) in [5, 5.41) is 56.8. The summed E-state index contributed by atoms with van der Waals surface area (Å²) < 4.78 is 33.9. The number of hydrogen-bond acceptors (Lipinski definition) is 10. The predicted octanol–water partition coefficient (Wildman–Crippen LogP) is -4.71. The number of β-amino-alcohol motifs (C(OH)–C–C–N with tert-alkyl or cyclic N) is 2. The third-order valence-electron chi connectivity index (χ3n) is 3.44. The lowest BCUT2D eigenvalue weighted by Gasteiger charge is -2.31. The van der Waals surface area contributed by atoms with Gasteiger partial charge >= 0.3 is 10.4 Å². The highest BCUT2D eigenvalue weighted by Crippen LogP contribution is 2.22. The van der Waals surface area contributed by atoms with E-state index in [4.69, 9.17) is 14.8 Å². The van der Waals surface area contributed by atoms with E-state index in [9.17, 15) is 28.8 Å². The Morgan fingerprint density at radius 3 is 2.23 bits per heavy atom. The number of likely N-dealkylation sites (tertiary alicyclic amines) is 1. The van der Waals surface area contributed by atoms with Gasteiger partial charge in [0.1, 0.15) is 6.10 Å². The molecule has 1 rings (SSSR count). The molecule has 0 amide bonds. The molecule has 1 fully saturated rings. The number of aliphatic hydroxyl groups excluding tert-OH is 6. The third kappa shape index (κ3) is 5.06. The van der Waals surface area contributed by atoms with Crippen LogP contribution in [0.5, 0.6) is 0 Å². The number of nitrogens with zero attached hydrogens (tertiary/aromatic N) is 1. The molecule has 0 bridgehead atoms. The average Bonchev–Trinajstić information content (AvgIpc) is 2.69. The van der Waals surface area contributed by atoms with Crippen molar-refractivity contribution in [3.05, 3.63) is 0 Å². The zero-order chi connectivity index (χ0) is 17.1. The maximum Gasteiger partial charge on any atom is 0.397 e. The molecule has 0 radical (unpaired) electrons. The molecule has 1 aliphatic heterocycles. The van der Waals surface area contributed by atoms with E-state index in [1.165, 1.54) is 4.90 Å². The van der Waals surface area contributed by atoms with Gasteiger partial charge in [-0.2, -0.15) is 8.42 Å². The van der Waals surface area contributed by atoms with Gasteiger partial charge in [-0.05, 0) is 0 Å². The van der Waals surface area contributed by atoms with Gasteiger partial charge in [-0.3, -0.25) is 9.45 Å². The Morgan fingerprint density at radius 2 is 1.77 bits per heavy atom. The highest BCUT2D eigenvalue weighted by atomic mass is 32.3. The molecule has 6 atom stereocenters. The minimum atomic E-state index is -4.90. The Morgan fingerprint density at radius 1 is 1.18 bits per heavy atom. The minimum Gasteiger partial charge on any atom is -0.394 e. The molecular formula is C10H21NO10S. The number of hydrogen-bond donors (Lipinski definition) is 7. The lowest BCUT2D eigenvalue weighted by Crippen LogP contribution is -2.51. The quantitative estimate of drug-likeness (QED) is 0.209. The summed E-state index contributed by atoms with van der Waals surface area (Å²) in [5.74, 6) is 0. The van der Waals surface area contributed by atoms with Gasteiger partial charge in [0.05, 0.1) is 43.7 Å². The maximum atomic E-state index is 10.6. The second kappa shape index (κ2) is 7.92. The van der Waals surface area contributed by atoms with Crippen LogP contribution in [0.3, 0.4) is 0 Å². The highest BCUT2D eigenvalue weighted by molar-refractivity contribution is 7.80. The van der Waals surface area contributed by atoms with Crippen molar-refractivity contribution in [1.29, 1.82) is 0 Å². The molecule has 22 heavy (non-hydrogen) atoms. The minimum absolute atomic E-state index is 0.163. The first-order chi connectivity index (χ1) is 10.1. The number of rotatable bonds is 8. The molecule has 11 nitrogen and oxygen atoms in total. The van der Waals surface area contributed by atoms with Crippen molar-refractivity contribution in [3.63, 3.8) is 0 Å². The smallest absolute Gasteiger partial charge is 0.394 e. The van der Waals surface area contributed by atoms with Crippen molar-refractivity contribution in [2.24, 2.45) is 0 Å². The Hall–Kier alpha value is -0.410. The summed E-state index contributed by atoms with van der Waals surface area (Å²) >= 11 is 0. The molecule has 1 heterocycles. The van der Waals surface area contributed by atoms with Crippen molar-refractivity contribution in [3.8, 4) is 0 Å². The second-order valence-electron chi connectivity index (χ2n) is 5.06. The lowest BCUT2D eigenvalue weighted by molar-refractivity contribution is -0.0538. The summed E-state index contributed by atoms with van der Waals surface area (Å²) in [4.78, 5) is 1.22. The average molecular weight is 347 g/mol. The first-order valence-corrected chi connectivity index (χ1v) is 7.81. The fraction of sp³-hybridized carbons (Fsp3) is 1.00. The van der Waals surface area contributed by atoms with Crippen molar-refractivity contribution in [2.45, 2.75) is 36.6 Å². The van der Waals surface area contributed by atoms with Crippen molar-refractivity contribution in [2.75, 3.05) is 26.3 Å². The first kappa shape index (κ1) is 19.6. The van der Waals surface area contributed by atoms with Crippen LogP contribution in [0, 0.1) is 0 Å². The van der Waals surface area contributed by atoms with Gasteiger partial charge in [0.2, 0.25) is 0 Å². The summed E-state index contributed by atoms with van der Waals surface area (Å²) in [6, 6.07) is -1.10. The van der Waals surface area contributed by atoms with Crippen molar-refractivity contribution in [1.82, 2.24) is 4.90 Å². The van der Waals surface area contributed by atoms with Gasteiger partial charge in [-0.25, -0.2) is 4.18 Å². The van der Waals surface area contributed by atoms with Crippen LogP contribution in [-0.4, -0.2) is 111 Å². The number of aliphatic hydroxyl groups is 6. The van der Waals surface area contributed by atoms with Crippen molar-refractivity contribution >= 4 is 10.4 Å². The molecule has 1 aliphatic rings. The van der Waals surface area contributed by atoms with E-state index in [2.05, 4.69) is 4.18 Å². The zero-order valence-electron chi connectivity index (χ0n) is 11.5. The van der Waals surface area contributed by atoms with E-state index in [0.29, 0.717) is 0 Å². The molecule has 132 valence electrons. The van der Waals surface area contributed by atoms with E-state index >= 15 is 0 Å². The molecule has 0 aromatic rings. The molecule has 12 heteroatoms. The summed E-state index contributed by atoms with van der Waals surface area (Å²) in [6.45, 7) is -2.18. The van der Waals surface area contributed by atoms with Crippen LogP contribution in [0.4, 0.5) is 0 Å². The Kier molecular flexibility index (Phi) is 7.07. The maximum absolute atomic E-state index is 10.6. The van der Waals surface area contributed by atoms with Gasteiger partial charge in [0.25, 0.3) is 0 Å². The SMILES string of the molecule is O=S(=O)(O)O[C@H](CO)[C@@H](O)CN1C[C@H](O)[C@@H](O)[C@@H]1[C@H](O)CO. The van der Waals surface area contributed by atoms with E-state index in [-0.39, 0.29) is 6.54 Å². The van der Waals surface area contributed by atoms with E-state index in [0.717, 1.165) is 0 Å². The molecule has 7 N–H and O–H groups in total. The summed E-state index contributed by atoms with van der Waals surface area (Å²) in [5.41, 5.74) is 0. The highest BCUT2D eigenvalue weighted by Gasteiger charge is 2.44. The fourth-order valence-corrected chi connectivity index (χ4v) is 2.92. The molecule has 0 aromatic heterocycles. The van der Waals surface area contributed by atoms with Crippen LogP contribution in [0.25, 0.3) is 0 Å². The fourth-order valence-electron chi connectivity index (χ4n) is 2.42. The molecule has 0 unspecified atom stereocenters. The lowest BCUT2D eigenvalue weighted by atomic mass is 10.0. The largest absolute Gasteiger partial charge is 0.397 e. The van der Waals surface area contributed by atoms with Gasteiger partial charge in [0, 0.05) is 13.1 Å². The van der Waals surface area contributed by atoms with Crippen LogP contribution < -0.4 is 0 Å². The Labute approximate surface area is 126 Å². The molecule has 0 spiro atoms. The standard InChI is InChI=1S/C10H21NO10S/c12-3-7(16)9-10(17)6(15)2-11(9)1-5(14)8(4-13)21-22(18,19)20/h5-10,12-17H,1-4H2,(H,18,19,20)/t5-,6-,7+,8+,9-,10+/m0/s1. The molecule has 0 aliphatic carbocycles. The molecule has 0 aromatic carbocycles. The third-order valence-corrected chi connectivity index (χ3v) is 3.93. The monoisotopic (exact) mass is 347 g/mol. The zero-order valence-corrected chi connectivity index (χ0v) is 12.3. The Bertz CT molecular complexity index is 445. The molecule has 0 saturated carbocycles. The summed E-state index contributed by atoms with van der Waals surface area (Å²) in [7, 11) is -4.90.